The van der Waals surface area contributed by atoms with Crippen LogP contribution >= 0.6 is 68.4 Å². The highest BCUT2D eigenvalue weighted by atomic mass is 32.2. The lowest BCUT2D eigenvalue weighted by Gasteiger charge is -2.24. The van der Waals surface area contributed by atoms with Gasteiger partial charge in [-0.25, -0.2) is 0 Å². The standard InChI is InChI=1S/C35H22N2O2S6/c1-2-5-22(42-18-21-6-3-14-40-21)26-16-19-10-12-36-30(32(19)44-26)28-29(35(36)39)31-33-20(11-13-37(31)34(28)38)17-27(45-33)25-9-8-24(43-25)23-7-4-15-41-23/h3-17H,2,18H2,1H3/b22-5-. The summed E-state index contributed by atoms with van der Waals surface area (Å²) in [6.45, 7) is 2.16. The minimum absolute atomic E-state index is 0.133. The second-order valence-corrected chi connectivity index (χ2v) is 16.9. The van der Waals surface area contributed by atoms with E-state index in [0.717, 1.165) is 49.3 Å². The molecule has 45 heavy (non-hydrogen) atoms. The average molecular weight is 695 g/mol. The largest absolute Gasteiger partial charge is 0.281 e. The van der Waals surface area contributed by atoms with Gasteiger partial charge in [0.15, 0.2) is 0 Å². The van der Waals surface area contributed by atoms with E-state index in [-0.39, 0.29) is 11.8 Å². The van der Waals surface area contributed by atoms with E-state index >= 15 is 0 Å². The van der Waals surface area contributed by atoms with Gasteiger partial charge in [-0.3, -0.25) is 19.4 Å². The summed E-state index contributed by atoms with van der Waals surface area (Å²) in [5.41, 5.74) is 4.57. The van der Waals surface area contributed by atoms with Crippen molar-refractivity contribution in [1.82, 2.24) is 9.80 Å². The molecule has 0 bridgehead atoms. The van der Waals surface area contributed by atoms with E-state index in [1.54, 1.807) is 66.5 Å². The first-order valence-electron chi connectivity index (χ1n) is 14.4. The summed E-state index contributed by atoms with van der Waals surface area (Å²) in [4.78, 5) is 42.1. The van der Waals surface area contributed by atoms with Gasteiger partial charge in [0.25, 0.3) is 11.8 Å². The Bertz CT molecular complexity index is 2200. The lowest BCUT2D eigenvalue weighted by atomic mass is 10.0. The quantitative estimate of drug-likeness (QED) is 0.170. The Kier molecular flexibility index (Phi) is 6.66. The van der Waals surface area contributed by atoms with Crippen LogP contribution in [0.15, 0.2) is 88.9 Å². The summed E-state index contributed by atoms with van der Waals surface area (Å²) < 4.78 is 0. The molecule has 4 aliphatic heterocycles. The van der Waals surface area contributed by atoms with Gasteiger partial charge < -0.3 is 0 Å². The van der Waals surface area contributed by atoms with Gasteiger partial charge in [0.2, 0.25) is 0 Å². The number of hydrogen-bond donors (Lipinski definition) is 0. The minimum Gasteiger partial charge on any atom is -0.281 e. The van der Waals surface area contributed by atoms with Crippen molar-refractivity contribution in [3.63, 3.8) is 0 Å². The summed E-state index contributed by atoms with van der Waals surface area (Å²) in [6, 6.07) is 17.2. The molecular formula is C35H22N2O2S6. The molecule has 9 heterocycles. The fourth-order valence-corrected chi connectivity index (χ4v) is 12.4. The van der Waals surface area contributed by atoms with Crippen molar-refractivity contribution in [2.24, 2.45) is 0 Å². The Morgan fingerprint density at radius 1 is 0.756 bits per heavy atom. The summed E-state index contributed by atoms with van der Waals surface area (Å²) >= 11 is 10.5. The molecule has 0 fully saturated rings. The molecule has 0 saturated carbocycles. The normalized spacial score (nSPS) is 16.6. The molecule has 4 aliphatic rings. The van der Waals surface area contributed by atoms with Crippen molar-refractivity contribution in [3.8, 4) is 19.5 Å². The lowest BCUT2D eigenvalue weighted by Crippen LogP contribution is -2.25. The number of carbonyl (C=O) groups excluding carboxylic acids is 2. The Labute approximate surface area is 284 Å². The van der Waals surface area contributed by atoms with E-state index in [9.17, 15) is 9.59 Å². The molecule has 0 spiro atoms. The zero-order chi connectivity index (χ0) is 30.2. The lowest BCUT2D eigenvalue weighted by molar-refractivity contribution is -0.122. The summed E-state index contributed by atoms with van der Waals surface area (Å²) in [5, 5.41) is 4.22. The first-order chi connectivity index (χ1) is 22.1. The Balaban J connectivity index is 1.12. The number of allylic oxidation sites excluding steroid dienone is 1. The maximum Gasteiger partial charge on any atom is 0.265 e. The van der Waals surface area contributed by atoms with Crippen molar-refractivity contribution in [2.45, 2.75) is 19.1 Å². The van der Waals surface area contributed by atoms with Crippen molar-refractivity contribution in [3.05, 3.63) is 120 Å². The highest BCUT2D eigenvalue weighted by molar-refractivity contribution is 8.07. The number of amides is 2. The fraction of sp³-hybridized carbons (Fsp3) is 0.0857. The molecule has 5 aromatic heterocycles. The monoisotopic (exact) mass is 694 g/mol. The number of thioether (sulfide) groups is 1. The summed E-state index contributed by atoms with van der Waals surface area (Å²) in [7, 11) is 0. The van der Waals surface area contributed by atoms with Crippen molar-refractivity contribution < 1.29 is 9.59 Å². The van der Waals surface area contributed by atoms with Gasteiger partial charge in [0.05, 0.1) is 32.3 Å². The van der Waals surface area contributed by atoms with E-state index in [4.69, 9.17) is 0 Å². The number of carbonyl (C=O) groups is 2. The highest BCUT2D eigenvalue weighted by Crippen LogP contribution is 2.54. The number of rotatable bonds is 7. The molecule has 5 aromatic rings. The molecule has 0 saturated heterocycles. The van der Waals surface area contributed by atoms with Crippen LogP contribution in [0.4, 0.5) is 0 Å². The second-order valence-electron chi connectivity index (χ2n) is 10.7. The Hall–Kier alpha value is -3.51. The number of fused-ring (bicyclic) bond motifs is 7. The van der Waals surface area contributed by atoms with Gasteiger partial charge in [-0.1, -0.05) is 25.1 Å². The third-order valence-corrected chi connectivity index (χ3v) is 15.1. The van der Waals surface area contributed by atoms with Crippen LogP contribution in [0.3, 0.4) is 0 Å². The molecule has 0 aromatic carbocycles. The van der Waals surface area contributed by atoms with E-state index in [2.05, 4.69) is 72.3 Å². The minimum atomic E-state index is -0.133. The molecule has 0 radical (unpaired) electrons. The van der Waals surface area contributed by atoms with Crippen LogP contribution in [-0.2, 0) is 15.3 Å². The molecule has 0 unspecified atom stereocenters. The van der Waals surface area contributed by atoms with Gasteiger partial charge in [-0.05, 0) is 76.9 Å². The predicted octanol–water partition coefficient (Wildman–Crippen LogP) is 10.8. The van der Waals surface area contributed by atoms with Crippen molar-refractivity contribution >= 4 is 109 Å². The van der Waals surface area contributed by atoms with Crippen molar-refractivity contribution in [1.29, 1.82) is 0 Å². The molecule has 0 aliphatic carbocycles. The fourth-order valence-electron chi connectivity index (χ4n) is 6.03. The van der Waals surface area contributed by atoms with Gasteiger partial charge in [0.1, 0.15) is 0 Å². The topological polar surface area (TPSA) is 40.6 Å². The zero-order valence-corrected chi connectivity index (χ0v) is 28.6. The smallest absolute Gasteiger partial charge is 0.265 e. The molecule has 0 atom stereocenters. The first kappa shape index (κ1) is 27.8. The number of nitrogens with zero attached hydrogens (tertiary/aromatic N) is 2. The van der Waals surface area contributed by atoms with Crippen LogP contribution < -0.4 is 0 Å². The van der Waals surface area contributed by atoms with E-state index in [1.165, 1.54) is 29.3 Å². The molecule has 9 rings (SSSR count). The molecular weight excluding hydrogens is 673 g/mol. The third kappa shape index (κ3) is 4.35. The first-order valence-corrected chi connectivity index (χ1v) is 19.6. The second kappa shape index (κ2) is 10.8. The molecule has 4 nitrogen and oxygen atoms in total. The van der Waals surface area contributed by atoms with Crippen LogP contribution in [0.5, 0.6) is 0 Å². The SMILES string of the molecule is CC/C=C(\SCc1cccs1)c1cc2c(s1)C1=C3C(=O)N4C=Cc5cc(-c6ccc(-c7cccs7)s6)sc5C4=C3C(=O)N1C=C2. The average Bonchev–Trinajstić information content (AvgIpc) is 3.89. The van der Waals surface area contributed by atoms with Crippen LogP contribution in [0.25, 0.3) is 48.0 Å². The third-order valence-electron chi connectivity index (χ3n) is 8.02. The number of hydrogen-bond acceptors (Lipinski definition) is 8. The van der Waals surface area contributed by atoms with Crippen LogP contribution in [-0.4, -0.2) is 21.6 Å². The van der Waals surface area contributed by atoms with Gasteiger partial charge in [0, 0.05) is 52.3 Å². The van der Waals surface area contributed by atoms with Crippen LogP contribution in [0.2, 0.25) is 0 Å². The molecule has 10 heteroatoms. The van der Waals surface area contributed by atoms with E-state index < -0.39 is 0 Å². The predicted molar refractivity (Wildman–Crippen MR) is 195 cm³/mol. The number of thiophene rings is 5. The Morgan fingerprint density at radius 2 is 1.42 bits per heavy atom. The molecule has 220 valence electrons. The van der Waals surface area contributed by atoms with Crippen LogP contribution in [0, 0.1) is 0 Å². The maximum absolute atomic E-state index is 14.1. The molecule has 0 N–H and O–H groups in total. The molecule has 2 amide bonds. The summed E-state index contributed by atoms with van der Waals surface area (Å²) in [5.74, 6) is 0.653. The van der Waals surface area contributed by atoms with Gasteiger partial charge >= 0.3 is 0 Å². The van der Waals surface area contributed by atoms with E-state index in [0.29, 0.717) is 11.1 Å². The van der Waals surface area contributed by atoms with Crippen LogP contribution in [0.1, 0.15) is 44.0 Å². The van der Waals surface area contributed by atoms with Gasteiger partial charge in [-0.15, -0.1) is 68.4 Å². The van der Waals surface area contributed by atoms with Crippen molar-refractivity contribution in [2.75, 3.05) is 0 Å². The highest BCUT2D eigenvalue weighted by Gasteiger charge is 2.50. The van der Waals surface area contributed by atoms with Gasteiger partial charge in [-0.2, -0.15) is 0 Å². The summed E-state index contributed by atoms with van der Waals surface area (Å²) in [6.07, 6.45) is 10.9. The maximum atomic E-state index is 14.1. The van der Waals surface area contributed by atoms with E-state index in [1.807, 2.05) is 36.3 Å². The Morgan fingerprint density at radius 3 is 2.09 bits per heavy atom. The zero-order valence-electron chi connectivity index (χ0n) is 23.7.